The lowest BCUT2D eigenvalue weighted by Crippen LogP contribution is -2.20. The van der Waals surface area contributed by atoms with Gasteiger partial charge in [-0.2, -0.15) is 0 Å². The second-order valence-electron chi connectivity index (χ2n) is 6.99. The summed E-state index contributed by atoms with van der Waals surface area (Å²) >= 11 is 6.04. The van der Waals surface area contributed by atoms with Crippen LogP contribution >= 0.6 is 11.6 Å². The zero-order chi connectivity index (χ0) is 22.0. The summed E-state index contributed by atoms with van der Waals surface area (Å²) in [6.07, 6.45) is 0.931. The summed E-state index contributed by atoms with van der Waals surface area (Å²) in [5.74, 6) is -0.429. The molecule has 0 saturated heterocycles. The van der Waals surface area contributed by atoms with E-state index in [-0.39, 0.29) is 27.4 Å². The highest BCUT2D eigenvalue weighted by Crippen LogP contribution is 2.26. The van der Waals surface area contributed by atoms with Crippen LogP contribution in [0.4, 0.5) is 17.1 Å². The summed E-state index contributed by atoms with van der Waals surface area (Å²) in [4.78, 5) is 24.1. The largest absolute Gasteiger partial charge is 0.326 e. The van der Waals surface area contributed by atoms with Crippen molar-refractivity contribution in [1.82, 2.24) is 0 Å². The molecule has 1 aliphatic rings. The van der Waals surface area contributed by atoms with Crippen LogP contribution in [0.3, 0.4) is 0 Å². The van der Waals surface area contributed by atoms with Crippen LogP contribution in [-0.4, -0.2) is 20.2 Å². The molecule has 0 aromatic heterocycles. The standard InChI is InChI=1S/C22H18ClN3O4S/c23-18-6-1-2-7-20(18)26-31(29,30)17-5-3-4-16(13-17)24-22(28)15-8-10-19-14(12-15)9-11-21(27)25-19/h1-8,10,12-13,26H,9,11H2,(H,24,28)(H,25,27). The molecule has 7 nitrogen and oxygen atoms in total. The minimum Gasteiger partial charge on any atom is -0.326 e. The molecular weight excluding hydrogens is 438 g/mol. The van der Waals surface area contributed by atoms with E-state index in [1.807, 2.05) is 0 Å². The number of rotatable bonds is 5. The highest BCUT2D eigenvalue weighted by Gasteiger charge is 2.19. The number of para-hydroxylation sites is 1. The maximum absolute atomic E-state index is 12.7. The van der Waals surface area contributed by atoms with Gasteiger partial charge in [0.15, 0.2) is 0 Å². The zero-order valence-corrected chi connectivity index (χ0v) is 17.8. The van der Waals surface area contributed by atoms with Gasteiger partial charge in [-0.05, 0) is 60.5 Å². The Morgan fingerprint density at radius 1 is 0.968 bits per heavy atom. The van der Waals surface area contributed by atoms with Gasteiger partial charge in [-0.25, -0.2) is 8.42 Å². The summed E-state index contributed by atoms with van der Waals surface area (Å²) in [6, 6.07) is 17.5. The van der Waals surface area contributed by atoms with Crippen LogP contribution in [0.25, 0.3) is 0 Å². The smallest absolute Gasteiger partial charge is 0.262 e. The van der Waals surface area contributed by atoms with Crippen LogP contribution in [0, 0.1) is 0 Å². The second-order valence-corrected chi connectivity index (χ2v) is 9.08. The van der Waals surface area contributed by atoms with Crippen molar-refractivity contribution in [2.45, 2.75) is 17.7 Å². The SMILES string of the molecule is O=C1CCc2cc(C(=O)Nc3cccc(S(=O)(=O)Nc4ccccc4Cl)c3)ccc2N1. The van der Waals surface area contributed by atoms with E-state index in [9.17, 15) is 18.0 Å². The minimum absolute atomic E-state index is 0.0154. The van der Waals surface area contributed by atoms with E-state index in [1.54, 1.807) is 54.6 Å². The number of carbonyl (C=O) groups is 2. The normalized spacial score (nSPS) is 13.1. The summed E-state index contributed by atoms with van der Waals surface area (Å²) in [5, 5.41) is 5.76. The predicted molar refractivity (Wildman–Crippen MR) is 120 cm³/mol. The topological polar surface area (TPSA) is 104 Å². The van der Waals surface area contributed by atoms with Gasteiger partial charge < -0.3 is 10.6 Å². The molecule has 9 heteroatoms. The zero-order valence-electron chi connectivity index (χ0n) is 16.2. The number of carbonyl (C=O) groups excluding carboxylic acids is 2. The van der Waals surface area contributed by atoms with E-state index in [0.717, 1.165) is 5.56 Å². The Hall–Kier alpha value is -3.36. The molecule has 0 unspecified atom stereocenters. The number of anilines is 3. The third kappa shape index (κ3) is 4.70. The Kier molecular flexibility index (Phi) is 5.67. The van der Waals surface area contributed by atoms with E-state index in [4.69, 9.17) is 11.6 Å². The fourth-order valence-corrected chi connectivity index (χ4v) is 4.58. The van der Waals surface area contributed by atoms with Crippen molar-refractivity contribution in [2.24, 2.45) is 0 Å². The molecule has 0 spiro atoms. The monoisotopic (exact) mass is 455 g/mol. The van der Waals surface area contributed by atoms with Crippen molar-refractivity contribution < 1.29 is 18.0 Å². The molecule has 0 bridgehead atoms. The summed E-state index contributed by atoms with van der Waals surface area (Å²) in [6.45, 7) is 0. The number of amides is 2. The quantitative estimate of drug-likeness (QED) is 0.534. The van der Waals surface area contributed by atoms with E-state index < -0.39 is 10.0 Å². The molecule has 2 amide bonds. The Labute approximate surface area is 184 Å². The van der Waals surface area contributed by atoms with Crippen molar-refractivity contribution >= 4 is 50.5 Å². The molecule has 158 valence electrons. The maximum atomic E-state index is 12.7. The van der Waals surface area contributed by atoms with E-state index in [0.29, 0.717) is 29.8 Å². The Bertz CT molecular complexity index is 1290. The van der Waals surface area contributed by atoms with Crippen molar-refractivity contribution in [2.75, 3.05) is 15.4 Å². The van der Waals surface area contributed by atoms with E-state index in [1.165, 1.54) is 12.1 Å². The Balaban J connectivity index is 1.53. The first-order chi connectivity index (χ1) is 14.8. The maximum Gasteiger partial charge on any atom is 0.262 e. The molecular formula is C22H18ClN3O4S. The van der Waals surface area contributed by atoms with Gasteiger partial charge in [-0.1, -0.05) is 29.8 Å². The van der Waals surface area contributed by atoms with Gasteiger partial charge in [-0.3, -0.25) is 14.3 Å². The van der Waals surface area contributed by atoms with Crippen LogP contribution in [0.5, 0.6) is 0 Å². The van der Waals surface area contributed by atoms with Gasteiger partial charge in [0.05, 0.1) is 15.6 Å². The molecule has 3 N–H and O–H groups in total. The van der Waals surface area contributed by atoms with Gasteiger partial charge >= 0.3 is 0 Å². The van der Waals surface area contributed by atoms with Crippen LogP contribution in [-0.2, 0) is 21.2 Å². The molecule has 0 radical (unpaired) electrons. The number of halogens is 1. The molecule has 1 heterocycles. The Morgan fingerprint density at radius 2 is 1.77 bits per heavy atom. The van der Waals surface area contributed by atoms with Crippen LogP contribution in [0.15, 0.2) is 71.6 Å². The number of nitrogens with one attached hydrogen (secondary N) is 3. The lowest BCUT2D eigenvalue weighted by molar-refractivity contribution is -0.116. The number of sulfonamides is 1. The van der Waals surface area contributed by atoms with Gasteiger partial charge in [0.1, 0.15) is 0 Å². The fourth-order valence-electron chi connectivity index (χ4n) is 3.22. The minimum atomic E-state index is -3.90. The lowest BCUT2D eigenvalue weighted by atomic mass is 10.00. The van der Waals surface area contributed by atoms with Crippen LogP contribution in [0.1, 0.15) is 22.3 Å². The summed E-state index contributed by atoms with van der Waals surface area (Å²) in [5.41, 5.74) is 2.59. The molecule has 0 saturated carbocycles. The van der Waals surface area contributed by atoms with Crippen molar-refractivity contribution in [1.29, 1.82) is 0 Å². The third-order valence-corrected chi connectivity index (χ3v) is 6.48. The lowest BCUT2D eigenvalue weighted by Gasteiger charge is -2.17. The number of hydrogen-bond donors (Lipinski definition) is 3. The molecule has 0 aliphatic carbocycles. The highest BCUT2D eigenvalue weighted by atomic mass is 35.5. The average molecular weight is 456 g/mol. The molecule has 0 atom stereocenters. The predicted octanol–water partition coefficient (Wildman–Crippen LogP) is 4.28. The van der Waals surface area contributed by atoms with Crippen LogP contribution in [0.2, 0.25) is 5.02 Å². The molecule has 1 aliphatic heterocycles. The van der Waals surface area contributed by atoms with Gasteiger partial charge in [0, 0.05) is 23.4 Å². The number of hydrogen-bond acceptors (Lipinski definition) is 4. The summed E-state index contributed by atoms with van der Waals surface area (Å²) < 4.78 is 27.9. The molecule has 0 fully saturated rings. The molecule has 4 rings (SSSR count). The molecule has 3 aromatic carbocycles. The number of benzene rings is 3. The van der Waals surface area contributed by atoms with Crippen molar-refractivity contribution in [3.8, 4) is 0 Å². The third-order valence-electron chi connectivity index (χ3n) is 4.78. The first kappa shape index (κ1) is 20.9. The van der Waals surface area contributed by atoms with Gasteiger partial charge in [0.2, 0.25) is 5.91 Å². The van der Waals surface area contributed by atoms with Gasteiger partial charge in [0.25, 0.3) is 15.9 Å². The number of fused-ring (bicyclic) bond motifs is 1. The average Bonchev–Trinajstić information content (AvgIpc) is 2.75. The van der Waals surface area contributed by atoms with Crippen molar-refractivity contribution in [3.05, 3.63) is 82.9 Å². The van der Waals surface area contributed by atoms with E-state index >= 15 is 0 Å². The molecule has 3 aromatic rings. The number of aryl methyl sites for hydroxylation is 1. The van der Waals surface area contributed by atoms with Crippen molar-refractivity contribution in [3.63, 3.8) is 0 Å². The van der Waals surface area contributed by atoms with Gasteiger partial charge in [-0.15, -0.1) is 0 Å². The van der Waals surface area contributed by atoms with E-state index in [2.05, 4.69) is 15.4 Å². The Morgan fingerprint density at radius 3 is 2.58 bits per heavy atom. The molecule has 31 heavy (non-hydrogen) atoms. The van der Waals surface area contributed by atoms with Crippen LogP contribution < -0.4 is 15.4 Å². The highest BCUT2D eigenvalue weighted by molar-refractivity contribution is 7.92. The first-order valence-corrected chi connectivity index (χ1v) is 11.3. The first-order valence-electron chi connectivity index (χ1n) is 9.43. The fraction of sp³-hybridized carbons (Fsp3) is 0.0909. The summed E-state index contributed by atoms with van der Waals surface area (Å²) in [7, 11) is -3.90. The second kappa shape index (κ2) is 8.41.